The Bertz CT molecular complexity index is 462. The average molecular weight is 431 g/mol. The van der Waals surface area contributed by atoms with Crippen molar-refractivity contribution in [2.24, 2.45) is 11.8 Å². The van der Waals surface area contributed by atoms with Crippen molar-refractivity contribution >= 4 is 8.32 Å². The third-order valence-corrected chi connectivity index (χ3v) is 12.1. The van der Waals surface area contributed by atoms with Crippen LogP contribution >= 0.6 is 0 Å². The predicted molar refractivity (Wildman–Crippen MR) is 122 cm³/mol. The predicted octanol–water partition coefficient (Wildman–Crippen LogP) is 4.84. The highest BCUT2D eigenvalue weighted by Crippen LogP contribution is 2.42. The van der Waals surface area contributed by atoms with E-state index in [-0.39, 0.29) is 24.7 Å². The van der Waals surface area contributed by atoms with E-state index in [1.54, 1.807) is 14.0 Å². The molecule has 172 valence electrons. The van der Waals surface area contributed by atoms with E-state index < -0.39 is 14.4 Å². The summed E-state index contributed by atoms with van der Waals surface area (Å²) >= 11 is 0. The fraction of sp³-hybridized carbons (Fsp3) is 0.913. The third kappa shape index (κ3) is 8.68. The zero-order valence-corrected chi connectivity index (χ0v) is 21.5. The first-order valence-corrected chi connectivity index (χ1v) is 13.1. The van der Waals surface area contributed by atoms with Crippen LogP contribution in [-0.2, 0) is 18.6 Å². The topological polar surface area (TPSA) is 57.2 Å². The Hall–Kier alpha value is -0.423. The molecule has 0 saturated carbocycles. The van der Waals surface area contributed by atoms with Crippen molar-refractivity contribution in [3.8, 4) is 11.8 Å². The molecule has 5 nitrogen and oxygen atoms in total. The van der Waals surface area contributed by atoms with Crippen molar-refractivity contribution in [2.75, 3.05) is 33.7 Å². The van der Waals surface area contributed by atoms with Crippen LogP contribution in [0, 0.1) is 23.7 Å². The summed E-state index contributed by atoms with van der Waals surface area (Å²) in [7, 11) is -0.382. The maximum Gasteiger partial charge on any atom is 0.200 e. The van der Waals surface area contributed by atoms with E-state index in [2.05, 4.69) is 53.4 Å². The molecule has 0 bridgehead atoms. The van der Waals surface area contributed by atoms with Crippen LogP contribution in [0.25, 0.3) is 0 Å². The number of aliphatic hydroxyl groups excluding tert-OH is 1. The van der Waals surface area contributed by atoms with Gasteiger partial charge in [-0.3, -0.25) is 0 Å². The summed E-state index contributed by atoms with van der Waals surface area (Å²) in [6, 6.07) is 0. The summed E-state index contributed by atoms with van der Waals surface area (Å²) in [5.41, 5.74) is 1.48. The van der Waals surface area contributed by atoms with Gasteiger partial charge in [0, 0.05) is 18.9 Å². The fourth-order valence-corrected chi connectivity index (χ4v) is 9.86. The SMILES string of the molecule is CC#CC(C)C(O)C(C)C(CO[Si](C(C)C)(C(C)C)C(C)C)OCOCCOC. The van der Waals surface area contributed by atoms with Gasteiger partial charge < -0.3 is 23.7 Å². The number of ether oxygens (including phenoxy) is 3. The zero-order chi connectivity index (χ0) is 22.6. The minimum absolute atomic E-state index is 0.127. The second-order valence-electron chi connectivity index (χ2n) is 8.89. The van der Waals surface area contributed by atoms with Crippen LogP contribution < -0.4 is 0 Å². The van der Waals surface area contributed by atoms with Gasteiger partial charge in [0.1, 0.15) is 6.79 Å². The molecule has 0 aliphatic rings. The molecular weight excluding hydrogens is 384 g/mol. The molecule has 0 saturated heterocycles. The molecule has 0 aliphatic carbocycles. The van der Waals surface area contributed by atoms with Gasteiger partial charge in [0.2, 0.25) is 0 Å². The molecule has 0 aromatic carbocycles. The third-order valence-electron chi connectivity index (χ3n) is 6.01. The Morgan fingerprint density at radius 1 is 0.897 bits per heavy atom. The molecule has 0 amide bonds. The molecule has 0 radical (unpaired) electrons. The van der Waals surface area contributed by atoms with Crippen molar-refractivity contribution in [3.63, 3.8) is 0 Å². The van der Waals surface area contributed by atoms with Crippen LogP contribution in [0.15, 0.2) is 0 Å². The van der Waals surface area contributed by atoms with E-state index in [9.17, 15) is 5.11 Å². The molecule has 4 unspecified atom stereocenters. The van der Waals surface area contributed by atoms with Crippen molar-refractivity contribution in [1.29, 1.82) is 0 Å². The maximum absolute atomic E-state index is 10.8. The molecule has 0 aromatic rings. The second-order valence-corrected chi connectivity index (χ2v) is 14.3. The first-order chi connectivity index (χ1) is 13.6. The minimum Gasteiger partial charge on any atom is -0.413 e. The number of methoxy groups -OCH3 is 1. The lowest BCUT2D eigenvalue weighted by atomic mass is 9.90. The monoisotopic (exact) mass is 430 g/mol. The smallest absolute Gasteiger partial charge is 0.200 e. The second kappa shape index (κ2) is 14.6. The van der Waals surface area contributed by atoms with E-state index in [1.807, 2.05) is 13.8 Å². The Morgan fingerprint density at radius 3 is 1.90 bits per heavy atom. The van der Waals surface area contributed by atoms with E-state index in [0.717, 1.165) is 0 Å². The highest BCUT2D eigenvalue weighted by molar-refractivity contribution is 6.77. The first kappa shape index (κ1) is 28.6. The van der Waals surface area contributed by atoms with E-state index >= 15 is 0 Å². The number of hydrogen-bond donors (Lipinski definition) is 1. The molecule has 0 aromatic heterocycles. The van der Waals surface area contributed by atoms with Crippen LogP contribution in [-0.4, -0.2) is 59.4 Å². The Morgan fingerprint density at radius 2 is 1.45 bits per heavy atom. The molecular formula is C23H46O5Si. The normalized spacial score (nSPS) is 16.6. The van der Waals surface area contributed by atoms with Crippen molar-refractivity contribution in [1.82, 2.24) is 0 Å². The van der Waals surface area contributed by atoms with Gasteiger partial charge >= 0.3 is 0 Å². The standard InChI is InChI=1S/C23H46O5Si/c1-11-12-20(8)23(24)21(9)22(27-16-26-14-13-25-10)15-28-29(17(2)3,18(4)5)19(6)7/h17-24H,13-16H2,1-10H3. The summed E-state index contributed by atoms with van der Waals surface area (Å²) in [5, 5.41) is 10.8. The van der Waals surface area contributed by atoms with Crippen LogP contribution in [0.3, 0.4) is 0 Å². The molecule has 0 spiro atoms. The van der Waals surface area contributed by atoms with Crippen LogP contribution in [0.5, 0.6) is 0 Å². The molecule has 4 atom stereocenters. The molecule has 0 rings (SSSR count). The maximum atomic E-state index is 10.8. The minimum atomic E-state index is -2.02. The molecule has 1 N–H and O–H groups in total. The fourth-order valence-electron chi connectivity index (χ4n) is 4.40. The molecule has 0 heterocycles. The van der Waals surface area contributed by atoms with Gasteiger partial charge in [0.15, 0.2) is 8.32 Å². The van der Waals surface area contributed by atoms with E-state index in [0.29, 0.717) is 36.4 Å². The summed E-state index contributed by atoms with van der Waals surface area (Å²) in [5.74, 6) is 5.70. The Kier molecular flexibility index (Phi) is 14.3. The van der Waals surface area contributed by atoms with Gasteiger partial charge in [0.25, 0.3) is 0 Å². The number of aliphatic hydroxyl groups is 1. The summed E-state index contributed by atoms with van der Waals surface area (Å²) in [4.78, 5) is 0. The molecule has 6 heteroatoms. The van der Waals surface area contributed by atoms with Gasteiger partial charge in [-0.15, -0.1) is 5.92 Å². The van der Waals surface area contributed by atoms with E-state index in [4.69, 9.17) is 18.6 Å². The summed E-state index contributed by atoms with van der Waals surface area (Å²) in [6.07, 6.45) is -0.861. The average Bonchev–Trinajstić information content (AvgIpc) is 2.64. The Balaban J connectivity index is 5.37. The van der Waals surface area contributed by atoms with Gasteiger partial charge in [0.05, 0.1) is 32.0 Å². The van der Waals surface area contributed by atoms with E-state index in [1.165, 1.54) is 0 Å². The number of rotatable bonds is 15. The molecule has 0 fully saturated rings. The zero-order valence-electron chi connectivity index (χ0n) is 20.5. The van der Waals surface area contributed by atoms with Crippen LogP contribution in [0.1, 0.15) is 62.3 Å². The van der Waals surface area contributed by atoms with Gasteiger partial charge in [-0.1, -0.05) is 54.4 Å². The summed E-state index contributed by atoms with van der Waals surface area (Å²) in [6.45, 7) is 21.0. The quantitative estimate of drug-likeness (QED) is 0.174. The molecule has 0 aliphatic heterocycles. The highest BCUT2D eigenvalue weighted by Gasteiger charge is 2.46. The van der Waals surface area contributed by atoms with Crippen molar-refractivity contribution in [2.45, 2.75) is 91.1 Å². The highest BCUT2D eigenvalue weighted by atomic mass is 28.4. The number of hydrogen-bond acceptors (Lipinski definition) is 5. The first-order valence-electron chi connectivity index (χ1n) is 11.0. The van der Waals surface area contributed by atoms with Crippen molar-refractivity contribution < 1.29 is 23.7 Å². The lowest BCUT2D eigenvalue weighted by molar-refractivity contribution is -0.137. The van der Waals surface area contributed by atoms with Crippen LogP contribution in [0.2, 0.25) is 16.6 Å². The Labute approximate surface area is 181 Å². The van der Waals surface area contributed by atoms with Gasteiger partial charge in [-0.25, -0.2) is 0 Å². The largest absolute Gasteiger partial charge is 0.413 e. The van der Waals surface area contributed by atoms with Crippen LogP contribution in [0.4, 0.5) is 0 Å². The lowest BCUT2D eigenvalue weighted by Gasteiger charge is -2.43. The lowest BCUT2D eigenvalue weighted by Crippen LogP contribution is -2.50. The molecule has 29 heavy (non-hydrogen) atoms. The van der Waals surface area contributed by atoms with Gasteiger partial charge in [-0.2, -0.15) is 0 Å². The van der Waals surface area contributed by atoms with Crippen molar-refractivity contribution in [3.05, 3.63) is 0 Å². The van der Waals surface area contributed by atoms with Gasteiger partial charge in [-0.05, 0) is 30.5 Å². The summed E-state index contributed by atoms with van der Waals surface area (Å²) < 4.78 is 23.3.